The molecule has 2 aromatic carbocycles. The van der Waals surface area contributed by atoms with Crippen LogP contribution < -0.4 is 11.1 Å². The third kappa shape index (κ3) is 5.25. The largest absolute Gasteiger partial charge is 0.330 e. The summed E-state index contributed by atoms with van der Waals surface area (Å²) in [5.41, 5.74) is 7.73. The van der Waals surface area contributed by atoms with Gasteiger partial charge in [-0.15, -0.1) is 11.8 Å². The fourth-order valence-corrected chi connectivity index (χ4v) is 4.12. The minimum Gasteiger partial charge on any atom is -0.330 e. The third-order valence-corrected chi connectivity index (χ3v) is 5.76. The van der Waals surface area contributed by atoms with Gasteiger partial charge in [-0.05, 0) is 55.6 Å². The summed E-state index contributed by atoms with van der Waals surface area (Å²) in [6, 6.07) is 18.3. The number of rotatable bonds is 5. The van der Waals surface area contributed by atoms with Crippen molar-refractivity contribution >= 4 is 23.5 Å². The molecule has 1 aliphatic rings. The highest BCUT2D eigenvalue weighted by atomic mass is 32.2. The van der Waals surface area contributed by atoms with Crippen molar-refractivity contribution in [3.05, 3.63) is 60.2 Å². The van der Waals surface area contributed by atoms with Crippen molar-refractivity contribution in [2.75, 3.05) is 25.0 Å². The maximum Gasteiger partial charge on any atom is 0.321 e. The summed E-state index contributed by atoms with van der Waals surface area (Å²) in [7, 11) is 0. The monoisotopic (exact) mass is 355 g/mol. The first-order valence-corrected chi connectivity index (χ1v) is 9.69. The second-order valence-electron chi connectivity index (χ2n) is 6.28. The van der Waals surface area contributed by atoms with Crippen molar-refractivity contribution in [1.29, 1.82) is 0 Å². The van der Waals surface area contributed by atoms with E-state index in [0.29, 0.717) is 11.8 Å². The molecule has 3 N–H and O–H groups in total. The summed E-state index contributed by atoms with van der Waals surface area (Å²) >= 11 is 1.92. The number of nitrogens with zero attached hydrogens (tertiary/aromatic N) is 1. The molecule has 0 radical (unpaired) electrons. The van der Waals surface area contributed by atoms with Crippen LogP contribution in [0.5, 0.6) is 0 Å². The number of piperidine rings is 1. The molecule has 0 aliphatic carbocycles. The number of benzene rings is 2. The Bertz CT molecular complexity index is 667. The highest BCUT2D eigenvalue weighted by molar-refractivity contribution is 8.00. The molecule has 5 heteroatoms. The zero-order valence-corrected chi connectivity index (χ0v) is 15.2. The van der Waals surface area contributed by atoms with E-state index < -0.39 is 0 Å². The molecule has 0 spiro atoms. The van der Waals surface area contributed by atoms with Gasteiger partial charge in [-0.3, -0.25) is 0 Å². The maximum atomic E-state index is 12.3. The van der Waals surface area contributed by atoms with Crippen LogP contribution in [0, 0.1) is 0 Å². The van der Waals surface area contributed by atoms with Gasteiger partial charge in [0.05, 0.1) is 0 Å². The molecule has 0 saturated carbocycles. The molecule has 2 aromatic rings. The smallest absolute Gasteiger partial charge is 0.321 e. The van der Waals surface area contributed by atoms with Gasteiger partial charge in [0, 0.05) is 28.9 Å². The van der Waals surface area contributed by atoms with Crippen molar-refractivity contribution in [2.24, 2.45) is 5.73 Å². The second kappa shape index (κ2) is 8.92. The lowest BCUT2D eigenvalue weighted by Gasteiger charge is -2.31. The molecule has 4 nitrogen and oxygen atoms in total. The molecule has 3 rings (SSSR count). The van der Waals surface area contributed by atoms with Crippen molar-refractivity contribution in [2.45, 2.75) is 29.4 Å². The standard InChI is InChI=1S/C20H25N3OS/c21-13-10-16-6-8-18(9-7-16)25-19-11-14-23(15-12-19)20(24)22-17-4-2-1-3-5-17/h1-9,19H,10-15,21H2,(H,22,24). The van der Waals surface area contributed by atoms with Crippen LogP contribution in [0.15, 0.2) is 59.5 Å². The number of hydrogen-bond donors (Lipinski definition) is 2. The number of nitrogens with one attached hydrogen (secondary N) is 1. The van der Waals surface area contributed by atoms with Crippen molar-refractivity contribution in [1.82, 2.24) is 4.90 Å². The Hall–Kier alpha value is -1.98. The normalized spacial score (nSPS) is 15.2. The fourth-order valence-electron chi connectivity index (χ4n) is 2.99. The van der Waals surface area contributed by atoms with Gasteiger partial charge in [-0.1, -0.05) is 30.3 Å². The van der Waals surface area contributed by atoms with Gasteiger partial charge in [-0.25, -0.2) is 4.79 Å². The number of hydrogen-bond acceptors (Lipinski definition) is 3. The number of para-hydroxylation sites is 1. The number of amides is 2. The summed E-state index contributed by atoms with van der Waals surface area (Å²) in [5, 5.41) is 3.53. The first-order chi connectivity index (χ1) is 12.2. The van der Waals surface area contributed by atoms with Crippen LogP contribution in [0.2, 0.25) is 0 Å². The van der Waals surface area contributed by atoms with Crippen LogP contribution in [0.3, 0.4) is 0 Å². The minimum atomic E-state index is 0.000729. The molecule has 0 unspecified atom stereocenters. The Morgan fingerprint density at radius 1 is 1.08 bits per heavy atom. The first kappa shape index (κ1) is 17.8. The van der Waals surface area contributed by atoms with E-state index in [2.05, 4.69) is 29.6 Å². The zero-order chi connectivity index (χ0) is 17.5. The Balaban J connectivity index is 1.46. The van der Waals surface area contributed by atoms with Crippen LogP contribution in [-0.4, -0.2) is 35.8 Å². The molecular formula is C20H25N3OS. The van der Waals surface area contributed by atoms with Crippen molar-refractivity contribution in [3.8, 4) is 0 Å². The van der Waals surface area contributed by atoms with E-state index in [1.54, 1.807) is 0 Å². The summed E-state index contributed by atoms with van der Waals surface area (Å²) in [6.07, 6.45) is 2.98. The van der Waals surface area contributed by atoms with Crippen LogP contribution in [0.1, 0.15) is 18.4 Å². The van der Waals surface area contributed by atoms with Crippen molar-refractivity contribution < 1.29 is 4.79 Å². The summed E-state index contributed by atoms with van der Waals surface area (Å²) in [6.45, 7) is 2.30. The molecule has 1 fully saturated rings. The Labute approximate surface area is 153 Å². The predicted molar refractivity (Wildman–Crippen MR) is 105 cm³/mol. The number of anilines is 1. The lowest BCUT2D eigenvalue weighted by molar-refractivity contribution is 0.201. The van der Waals surface area contributed by atoms with Gasteiger partial charge in [0.15, 0.2) is 0 Å². The van der Waals surface area contributed by atoms with E-state index in [0.717, 1.165) is 38.0 Å². The van der Waals surface area contributed by atoms with Crippen molar-refractivity contribution in [3.63, 3.8) is 0 Å². The molecule has 1 saturated heterocycles. The average molecular weight is 356 g/mol. The Morgan fingerprint density at radius 2 is 1.76 bits per heavy atom. The van der Waals surface area contributed by atoms with E-state index in [1.165, 1.54) is 10.5 Å². The SMILES string of the molecule is NCCc1ccc(SC2CCN(C(=O)Nc3ccccc3)CC2)cc1. The molecule has 0 atom stereocenters. The molecular weight excluding hydrogens is 330 g/mol. The third-order valence-electron chi connectivity index (χ3n) is 4.41. The minimum absolute atomic E-state index is 0.000729. The van der Waals surface area contributed by atoms with Gasteiger partial charge < -0.3 is 16.0 Å². The number of carbonyl (C=O) groups excluding carboxylic acids is 1. The number of thioether (sulfide) groups is 1. The molecule has 1 heterocycles. The van der Waals surface area contributed by atoms with Crippen LogP contribution in [-0.2, 0) is 6.42 Å². The zero-order valence-electron chi connectivity index (χ0n) is 14.4. The Kier molecular flexibility index (Phi) is 6.36. The van der Waals surface area contributed by atoms with Gasteiger partial charge in [0.2, 0.25) is 0 Å². The van der Waals surface area contributed by atoms with E-state index >= 15 is 0 Å². The Morgan fingerprint density at radius 3 is 2.40 bits per heavy atom. The van der Waals surface area contributed by atoms with Crippen LogP contribution in [0.4, 0.5) is 10.5 Å². The average Bonchev–Trinajstić information content (AvgIpc) is 2.65. The lowest BCUT2D eigenvalue weighted by atomic mass is 10.1. The number of carbonyl (C=O) groups is 1. The second-order valence-corrected chi connectivity index (χ2v) is 7.66. The molecule has 0 aromatic heterocycles. The molecule has 132 valence electrons. The van der Waals surface area contributed by atoms with Crippen LogP contribution >= 0.6 is 11.8 Å². The fraction of sp³-hybridized carbons (Fsp3) is 0.350. The highest BCUT2D eigenvalue weighted by Gasteiger charge is 2.23. The summed E-state index contributed by atoms with van der Waals surface area (Å²) in [5.74, 6) is 0. The number of likely N-dealkylation sites (tertiary alicyclic amines) is 1. The molecule has 2 amide bonds. The first-order valence-electron chi connectivity index (χ1n) is 8.81. The molecule has 25 heavy (non-hydrogen) atoms. The lowest BCUT2D eigenvalue weighted by Crippen LogP contribution is -2.41. The van der Waals surface area contributed by atoms with E-state index in [1.807, 2.05) is 47.0 Å². The number of nitrogens with two attached hydrogens (primary N) is 1. The van der Waals surface area contributed by atoms with E-state index in [-0.39, 0.29) is 6.03 Å². The van der Waals surface area contributed by atoms with Gasteiger partial charge in [-0.2, -0.15) is 0 Å². The maximum absolute atomic E-state index is 12.3. The molecule has 0 bridgehead atoms. The quantitative estimate of drug-likeness (QED) is 0.853. The topological polar surface area (TPSA) is 58.4 Å². The highest BCUT2D eigenvalue weighted by Crippen LogP contribution is 2.30. The predicted octanol–water partition coefficient (Wildman–Crippen LogP) is 3.98. The van der Waals surface area contributed by atoms with E-state index in [4.69, 9.17) is 5.73 Å². The summed E-state index contributed by atoms with van der Waals surface area (Å²) in [4.78, 5) is 15.5. The summed E-state index contributed by atoms with van der Waals surface area (Å²) < 4.78 is 0. The van der Waals surface area contributed by atoms with Gasteiger partial charge >= 0.3 is 6.03 Å². The molecule has 1 aliphatic heterocycles. The van der Waals surface area contributed by atoms with Gasteiger partial charge in [0.25, 0.3) is 0 Å². The van der Waals surface area contributed by atoms with E-state index in [9.17, 15) is 4.79 Å². The van der Waals surface area contributed by atoms with Crippen LogP contribution in [0.25, 0.3) is 0 Å². The number of urea groups is 1. The van der Waals surface area contributed by atoms with Gasteiger partial charge in [0.1, 0.15) is 0 Å².